The molecule has 2 heteroatoms. The van der Waals surface area contributed by atoms with Crippen LogP contribution >= 0.6 is 0 Å². The molecule has 2 nitrogen and oxygen atoms in total. The van der Waals surface area contributed by atoms with E-state index in [1.54, 1.807) is 0 Å². The van der Waals surface area contributed by atoms with Crippen molar-refractivity contribution >= 4 is 49.8 Å². The van der Waals surface area contributed by atoms with Crippen LogP contribution in [-0.4, -0.2) is 0 Å². The molecule has 1 heterocycles. The first-order valence-corrected chi connectivity index (χ1v) is 25.1. The lowest BCUT2D eigenvalue weighted by Crippen LogP contribution is -2.28. The van der Waals surface area contributed by atoms with Crippen molar-refractivity contribution in [3.05, 3.63) is 307 Å². The van der Waals surface area contributed by atoms with Gasteiger partial charge in [0.2, 0.25) is 0 Å². The van der Waals surface area contributed by atoms with Crippen molar-refractivity contribution in [1.29, 1.82) is 0 Å². The van der Waals surface area contributed by atoms with Crippen molar-refractivity contribution in [2.75, 3.05) is 4.90 Å². The molecule has 14 rings (SSSR count). The summed E-state index contributed by atoms with van der Waals surface area (Å²) >= 11 is 0. The molecule has 0 N–H and O–H groups in total. The lowest BCUT2D eigenvalue weighted by molar-refractivity contribution is 0.669. The second kappa shape index (κ2) is 17.4. The first-order valence-electron chi connectivity index (χ1n) is 25.1. The maximum absolute atomic E-state index is 6.29. The molecule has 0 fully saturated rings. The standard InChI is InChI=1S/C71H47NO/c1-3-18-56(19-4-1)71(57-20-5-2-6-21-57)65-26-12-9-24-63(65)70-61(25-15-27-66(70)71)52-38-43-59(44-39-52)72(67-28-13-10-22-60(67)55-40-45-69-64(47-55)62-23-11-14-29-68(62)73-69)58-41-36-50(37-42-58)49-30-32-51(33-31-49)54-35-34-48-16-7-8-17-53(48)46-54/h1-47H. The minimum absolute atomic E-state index is 0.470. The smallest absolute Gasteiger partial charge is 0.135 e. The summed E-state index contributed by atoms with van der Waals surface area (Å²) in [7, 11) is 0. The molecule has 0 saturated carbocycles. The summed E-state index contributed by atoms with van der Waals surface area (Å²) in [5, 5.41) is 4.72. The van der Waals surface area contributed by atoms with Crippen LogP contribution in [0.3, 0.4) is 0 Å². The Labute approximate surface area is 425 Å². The summed E-state index contributed by atoms with van der Waals surface area (Å²) < 4.78 is 6.29. The SMILES string of the molecule is c1ccc(C2(c3ccccc3)c3ccccc3-c3c(-c4ccc(N(c5ccc(-c6ccc(-c7ccc8ccccc8c7)cc6)cc5)c5ccccc5-c5ccc6oc7ccccc7c6c5)cc4)cccc32)cc1. The lowest BCUT2D eigenvalue weighted by atomic mass is 9.67. The highest BCUT2D eigenvalue weighted by molar-refractivity contribution is 6.07. The predicted molar refractivity (Wildman–Crippen MR) is 305 cm³/mol. The number of furan rings is 1. The summed E-state index contributed by atoms with van der Waals surface area (Å²) in [4.78, 5) is 2.41. The van der Waals surface area contributed by atoms with E-state index in [9.17, 15) is 0 Å². The molecular formula is C71H47NO. The summed E-state index contributed by atoms with van der Waals surface area (Å²) in [6.45, 7) is 0. The molecule has 12 aromatic carbocycles. The molecule has 0 bridgehead atoms. The average molecular weight is 930 g/mol. The van der Waals surface area contributed by atoms with Gasteiger partial charge >= 0.3 is 0 Å². The third-order valence-corrected chi connectivity index (χ3v) is 15.2. The number of benzene rings is 12. The van der Waals surface area contributed by atoms with E-state index in [0.29, 0.717) is 0 Å². The van der Waals surface area contributed by atoms with E-state index in [2.05, 4.69) is 278 Å². The number of hydrogen-bond acceptors (Lipinski definition) is 2. The zero-order valence-corrected chi connectivity index (χ0v) is 40.0. The van der Waals surface area contributed by atoms with Gasteiger partial charge in [-0.1, -0.05) is 231 Å². The number of nitrogens with zero attached hydrogens (tertiary/aromatic N) is 1. The Morgan fingerprint density at radius 3 is 1.52 bits per heavy atom. The first kappa shape index (κ1) is 42.4. The van der Waals surface area contributed by atoms with Crippen molar-refractivity contribution in [2.45, 2.75) is 5.41 Å². The Bertz CT molecular complexity index is 4130. The molecular weight excluding hydrogens is 883 g/mol. The summed E-state index contributed by atoms with van der Waals surface area (Å²) in [6, 6.07) is 104. The normalized spacial score (nSPS) is 12.5. The minimum atomic E-state index is -0.470. The maximum Gasteiger partial charge on any atom is 0.135 e. The third kappa shape index (κ3) is 7.02. The fourth-order valence-electron chi connectivity index (χ4n) is 11.8. The topological polar surface area (TPSA) is 16.4 Å². The third-order valence-electron chi connectivity index (χ3n) is 15.2. The highest BCUT2D eigenvalue weighted by Crippen LogP contribution is 2.58. The van der Waals surface area contributed by atoms with Gasteiger partial charge in [-0.15, -0.1) is 0 Å². The Balaban J connectivity index is 0.883. The molecule has 0 unspecified atom stereocenters. The van der Waals surface area contributed by atoms with Gasteiger partial charge in [-0.3, -0.25) is 0 Å². The van der Waals surface area contributed by atoms with Gasteiger partial charge in [-0.2, -0.15) is 0 Å². The van der Waals surface area contributed by atoms with Gasteiger partial charge < -0.3 is 9.32 Å². The molecule has 0 atom stereocenters. The van der Waals surface area contributed by atoms with Crippen molar-refractivity contribution in [2.24, 2.45) is 0 Å². The monoisotopic (exact) mass is 929 g/mol. The van der Waals surface area contributed by atoms with E-state index in [-0.39, 0.29) is 0 Å². The summed E-state index contributed by atoms with van der Waals surface area (Å²) in [6.07, 6.45) is 0. The van der Waals surface area contributed by atoms with Crippen LogP contribution in [0, 0.1) is 0 Å². The van der Waals surface area contributed by atoms with Gasteiger partial charge in [0.05, 0.1) is 11.1 Å². The summed E-state index contributed by atoms with van der Waals surface area (Å²) in [5.41, 5.74) is 21.6. The quantitative estimate of drug-likeness (QED) is 0.143. The second-order valence-corrected chi connectivity index (χ2v) is 19.2. The fraction of sp³-hybridized carbons (Fsp3) is 0.0141. The van der Waals surface area contributed by atoms with E-state index in [4.69, 9.17) is 4.42 Å². The van der Waals surface area contributed by atoms with E-state index in [1.165, 1.54) is 72.0 Å². The number of anilines is 3. The van der Waals surface area contributed by atoms with Crippen LogP contribution in [0.15, 0.2) is 290 Å². The highest BCUT2D eigenvalue weighted by atomic mass is 16.3. The average Bonchev–Trinajstić information content (AvgIpc) is 4.00. The number of rotatable bonds is 9. The van der Waals surface area contributed by atoms with Gasteiger partial charge in [-0.25, -0.2) is 0 Å². The first-order chi connectivity index (χ1) is 36.2. The second-order valence-electron chi connectivity index (χ2n) is 19.2. The zero-order valence-electron chi connectivity index (χ0n) is 40.0. The van der Waals surface area contributed by atoms with Crippen LogP contribution < -0.4 is 4.90 Å². The van der Waals surface area contributed by atoms with Crippen LogP contribution in [0.2, 0.25) is 0 Å². The van der Waals surface area contributed by atoms with Crippen LogP contribution in [0.4, 0.5) is 17.1 Å². The molecule has 1 aromatic heterocycles. The summed E-state index contributed by atoms with van der Waals surface area (Å²) in [5.74, 6) is 0. The van der Waals surface area contributed by atoms with E-state index >= 15 is 0 Å². The Morgan fingerprint density at radius 1 is 0.288 bits per heavy atom. The lowest BCUT2D eigenvalue weighted by Gasteiger charge is -2.34. The zero-order chi connectivity index (χ0) is 48.3. The van der Waals surface area contributed by atoms with E-state index in [0.717, 1.165) is 55.7 Å². The van der Waals surface area contributed by atoms with Crippen LogP contribution in [0.5, 0.6) is 0 Å². The molecule has 0 spiro atoms. The van der Waals surface area contributed by atoms with Crippen molar-refractivity contribution in [3.63, 3.8) is 0 Å². The van der Waals surface area contributed by atoms with Crippen LogP contribution in [0.25, 0.3) is 88.3 Å². The number of fused-ring (bicyclic) bond motifs is 7. The molecule has 0 aliphatic heterocycles. The Hall–Kier alpha value is -9.50. The maximum atomic E-state index is 6.29. The van der Waals surface area contributed by atoms with Crippen LogP contribution in [0.1, 0.15) is 22.3 Å². The molecule has 13 aromatic rings. The van der Waals surface area contributed by atoms with Gasteiger partial charge in [0, 0.05) is 27.7 Å². The van der Waals surface area contributed by atoms with Crippen LogP contribution in [-0.2, 0) is 5.41 Å². The molecule has 1 aliphatic carbocycles. The molecule has 0 radical (unpaired) electrons. The Kier molecular flexibility index (Phi) is 10.1. The fourth-order valence-corrected chi connectivity index (χ4v) is 11.8. The largest absolute Gasteiger partial charge is 0.456 e. The Morgan fingerprint density at radius 2 is 0.795 bits per heavy atom. The number of para-hydroxylation sites is 2. The van der Waals surface area contributed by atoms with Gasteiger partial charge in [-0.05, 0) is 138 Å². The van der Waals surface area contributed by atoms with Crippen molar-refractivity contribution < 1.29 is 4.42 Å². The number of hydrogen-bond donors (Lipinski definition) is 0. The van der Waals surface area contributed by atoms with Gasteiger partial charge in [0.15, 0.2) is 0 Å². The molecule has 0 amide bonds. The molecule has 73 heavy (non-hydrogen) atoms. The van der Waals surface area contributed by atoms with Crippen molar-refractivity contribution in [1.82, 2.24) is 0 Å². The van der Waals surface area contributed by atoms with Gasteiger partial charge in [0.25, 0.3) is 0 Å². The van der Waals surface area contributed by atoms with Gasteiger partial charge in [0.1, 0.15) is 11.2 Å². The molecule has 0 saturated heterocycles. The van der Waals surface area contributed by atoms with Crippen molar-refractivity contribution in [3.8, 4) is 55.6 Å². The minimum Gasteiger partial charge on any atom is -0.456 e. The molecule has 1 aliphatic rings. The molecule has 342 valence electrons. The van der Waals surface area contributed by atoms with E-state index < -0.39 is 5.41 Å². The highest BCUT2D eigenvalue weighted by Gasteiger charge is 2.46. The predicted octanol–water partition coefficient (Wildman–Crippen LogP) is 19.2. The van der Waals surface area contributed by atoms with E-state index in [1.807, 2.05) is 12.1 Å².